The van der Waals surface area contributed by atoms with Crippen molar-refractivity contribution >= 4 is 18.0 Å². The third-order valence-corrected chi connectivity index (χ3v) is 4.79. The number of amides is 2. The molecular weight excluding hydrogens is 295 g/mol. The van der Waals surface area contributed by atoms with Crippen LogP contribution in [-0.4, -0.2) is 65.3 Å². The number of alkyl halides is 1. The molecule has 0 saturated carbocycles. The second-order valence-electron chi connectivity index (χ2n) is 5.98. The number of hydrogen-bond donors (Lipinski definition) is 1. The molecule has 1 unspecified atom stereocenters. The third kappa shape index (κ3) is 2.22. The number of hydrogen-bond acceptors (Lipinski definition) is 4. The highest BCUT2D eigenvalue weighted by atomic mass is 19.1. The number of halogens is 1. The SMILES string of the molecule is O=C1C=C(N2C(=O)C3(CCN(C(=O)O)CC3)CC2CF)CO1. The van der Waals surface area contributed by atoms with Crippen LogP contribution in [0.3, 0.4) is 0 Å². The van der Waals surface area contributed by atoms with Gasteiger partial charge in [-0.3, -0.25) is 4.79 Å². The molecule has 1 N–H and O–H groups in total. The number of nitrogens with zero attached hydrogens (tertiary/aromatic N) is 2. The van der Waals surface area contributed by atoms with Crippen molar-refractivity contribution in [3.05, 3.63) is 11.8 Å². The van der Waals surface area contributed by atoms with Crippen molar-refractivity contribution in [3.8, 4) is 0 Å². The smallest absolute Gasteiger partial charge is 0.407 e. The molecule has 0 radical (unpaired) electrons. The molecule has 120 valence electrons. The first-order chi connectivity index (χ1) is 10.5. The van der Waals surface area contributed by atoms with E-state index in [9.17, 15) is 18.8 Å². The maximum absolute atomic E-state index is 13.4. The molecule has 3 aliphatic heterocycles. The Hall–Kier alpha value is -2.12. The van der Waals surface area contributed by atoms with Crippen LogP contribution in [0.2, 0.25) is 0 Å². The lowest BCUT2D eigenvalue weighted by Crippen LogP contribution is -2.46. The van der Waals surface area contributed by atoms with Gasteiger partial charge in [0.15, 0.2) is 0 Å². The molecule has 3 rings (SSSR count). The van der Waals surface area contributed by atoms with E-state index in [0.29, 0.717) is 25.0 Å². The van der Waals surface area contributed by atoms with Crippen molar-refractivity contribution in [3.63, 3.8) is 0 Å². The highest BCUT2D eigenvalue weighted by Gasteiger charge is 2.54. The van der Waals surface area contributed by atoms with Crippen LogP contribution in [0.1, 0.15) is 19.3 Å². The van der Waals surface area contributed by atoms with E-state index in [2.05, 4.69) is 0 Å². The number of esters is 1. The lowest BCUT2D eigenvalue weighted by molar-refractivity contribution is -0.138. The molecule has 1 atom stereocenters. The van der Waals surface area contributed by atoms with E-state index < -0.39 is 30.2 Å². The van der Waals surface area contributed by atoms with Gasteiger partial charge in [0.25, 0.3) is 0 Å². The fraction of sp³-hybridized carbons (Fsp3) is 0.643. The number of carbonyl (C=O) groups is 3. The Morgan fingerprint density at radius 2 is 2.09 bits per heavy atom. The molecule has 22 heavy (non-hydrogen) atoms. The Bertz CT molecular complexity index is 553. The quantitative estimate of drug-likeness (QED) is 0.761. The van der Waals surface area contributed by atoms with Gasteiger partial charge in [0.2, 0.25) is 5.91 Å². The average Bonchev–Trinajstić information content (AvgIpc) is 3.02. The zero-order valence-corrected chi connectivity index (χ0v) is 12.0. The molecule has 2 saturated heterocycles. The van der Waals surface area contributed by atoms with E-state index in [1.807, 2.05) is 0 Å². The van der Waals surface area contributed by atoms with Gasteiger partial charge >= 0.3 is 12.1 Å². The normalized spacial score (nSPS) is 27.3. The molecule has 2 fully saturated rings. The van der Waals surface area contributed by atoms with Crippen molar-refractivity contribution in [1.82, 2.24) is 9.80 Å². The fourth-order valence-electron chi connectivity index (χ4n) is 3.59. The van der Waals surface area contributed by atoms with Gasteiger partial charge in [-0.25, -0.2) is 14.0 Å². The molecule has 0 aromatic rings. The third-order valence-electron chi connectivity index (χ3n) is 4.79. The number of ether oxygens (including phenoxy) is 1. The lowest BCUT2D eigenvalue weighted by Gasteiger charge is -2.36. The number of carboxylic acid groups (broad SMARTS) is 1. The van der Waals surface area contributed by atoms with Gasteiger partial charge in [0.1, 0.15) is 13.3 Å². The predicted molar refractivity (Wildman–Crippen MR) is 71.5 cm³/mol. The minimum absolute atomic E-state index is 0.0155. The minimum atomic E-state index is -1.00. The Kier molecular flexibility index (Phi) is 3.54. The summed E-state index contributed by atoms with van der Waals surface area (Å²) in [4.78, 5) is 37.6. The maximum Gasteiger partial charge on any atom is 0.407 e. The summed E-state index contributed by atoms with van der Waals surface area (Å²) in [5, 5.41) is 8.99. The Morgan fingerprint density at radius 1 is 1.41 bits per heavy atom. The molecular formula is C14H17FN2O5. The summed E-state index contributed by atoms with van der Waals surface area (Å²) in [6.07, 6.45) is 1.34. The van der Waals surface area contributed by atoms with E-state index >= 15 is 0 Å². The molecule has 0 aromatic heterocycles. The Balaban J connectivity index is 1.81. The summed E-state index contributed by atoms with van der Waals surface area (Å²) in [7, 11) is 0. The predicted octanol–water partition coefficient (Wildman–Crippen LogP) is 0.758. The molecule has 8 heteroatoms. The number of carbonyl (C=O) groups excluding carboxylic acids is 2. The Labute approximate surface area is 126 Å². The summed E-state index contributed by atoms with van der Waals surface area (Å²) >= 11 is 0. The first kappa shape index (κ1) is 14.8. The van der Waals surface area contributed by atoms with Crippen LogP contribution >= 0.6 is 0 Å². The second kappa shape index (κ2) is 5.26. The van der Waals surface area contributed by atoms with Gasteiger partial charge in [-0.1, -0.05) is 0 Å². The largest absolute Gasteiger partial charge is 0.465 e. The van der Waals surface area contributed by atoms with E-state index in [4.69, 9.17) is 9.84 Å². The van der Waals surface area contributed by atoms with Crippen molar-refractivity contribution in [2.45, 2.75) is 25.3 Å². The first-order valence-electron chi connectivity index (χ1n) is 7.22. The highest BCUT2D eigenvalue weighted by molar-refractivity contribution is 5.91. The van der Waals surface area contributed by atoms with Gasteiger partial charge in [-0.2, -0.15) is 0 Å². The monoisotopic (exact) mass is 312 g/mol. The minimum Gasteiger partial charge on any atom is -0.465 e. The van der Waals surface area contributed by atoms with Gasteiger partial charge in [-0.05, 0) is 19.3 Å². The van der Waals surface area contributed by atoms with Crippen LogP contribution in [0.25, 0.3) is 0 Å². The van der Waals surface area contributed by atoms with Crippen LogP contribution in [0.4, 0.5) is 9.18 Å². The molecule has 0 bridgehead atoms. The topological polar surface area (TPSA) is 87.2 Å². The number of cyclic esters (lactones) is 1. The van der Waals surface area contributed by atoms with Crippen molar-refractivity contribution < 1.29 is 28.6 Å². The van der Waals surface area contributed by atoms with Gasteiger partial charge < -0.3 is 19.6 Å². The van der Waals surface area contributed by atoms with Crippen LogP contribution in [-0.2, 0) is 14.3 Å². The number of likely N-dealkylation sites (tertiary alicyclic amines) is 2. The maximum atomic E-state index is 13.4. The second-order valence-corrected chi connectivity index (χ2v) is 5.98. The van der Waals surface area contributed by atoms with Crippen molar-refractivity contribution in [2.24, 2.45) is 5.41 Å². The number of piperidine rings is 1. The summed E-state index contributed by atoms with van der Waals surface area (Å²) in [6.45, 7) is -0.176. The van der Waals surface area contributed by atoms with E-state index in [1.54, 1.807) is 0 Å². The first-order valence-corrected chi connectivity index (χ1v) is 7.22. The molecule has 0 aromatic carbocycles. The lowest BCUT2D eigenvalue weighted by atomic mass is 9.76. The zero-order chi connectivity index (χ0) is 15.9. The summed E-state index contributed by atoms with van der Waals surface area (Å²) in [6, 6.07) is -0.607. The van der Waals surface area contributed by atoms with E-state index in [0.717, 1.165) is 0 Å². The Morgan fingerprint density at radius 3 is 2.59 bits per heavy atom. The standard InChI is InChI=1S/C14H17FN2O5/c15-7-10-6-14(1-3-16(4-2-14)13(20)21)12(19)17(10)9-5-11(18)22-8-9/h5,10H,1-4,6-8H2,(H,20,21). The van der Waals surface area contributed by atoms with Gasteiger partial charge in [-0.15, -0.1) is 0 Å². The number of rotatable bonds is 2. The summed E-state index contributed by atoms with van der Waals surface area (Å²) in [5.41, 5.74) is -0.329. The van der Waals surface area contributed by atoms with E-state index in [-0.39, 0.29) is 25.6 Å². The molecule has 2 amide bonds. The fourth-order valence-corrected chi connectivity index (χ4v) is 3.59. The summed E-state index contributed by atoms with van der Waals surface area (Å²) in [5.74, 6) is -0.744. The van der Waals surface area contributed by atoms with Gasteiger partial charge in [0, 0.05) is 19.2 Å². The highest BCUT2D eigenvalue weighted by Crippen LogP contribution is 2.46. The molecule has 3 heterocycles. The molecule has 0 aliphatic carbocycles. The van der Waals surface area contributed by atoms with Crippen molar-refractivity contribution in [2.75, 3.05) is 26.4 Å². The van der Waals surface area contributed by atoms with Crippen LogP contribution in [0.5, 0.6) is 0 Å². The van der Waals surface area contributed by atoms with Crippen molar-refractivity contribution in [1.29, 1.82) is 0 Å². The van der Waals surface area contributed by atoms with Crippen LogP contribution in [0.15, 0.2) is 11.8 Å². The average molecular weight is 312 g/mol. The van der Waals surface area contributed by atoms with Gasteiger partial charge in [0.05, 0.1) is 17.2 Å². The molecule has 7 nitrogen and oxygen atoms in total. The van der Waals surface area contributed by atoms with E-state index in [1.165, 1.54) is 15.9 Å². The van der Waals surface area contributed by atoms with Crippen LogP contribution in [0, 0.1) is 5.41 Å². The zero-order valence-electron chi connectivity index (χ0n) is 12.0. The van der Waals surface area contributed by atoms with Crippen LogP contribution < -0.4 is 0 Å². The molecule has 3 aliphatic rings. The summed E-state index contributed by atoms with van der Waals surface area (Å²) < 4.78 is 18.2. The molecule has 1 spiro atoms.